The molecule has 0 bridgehead atoms. The molecule has 0 unspecified atom stereocenters. The van der Waals surface area contributed by atoms with E-state index >= 15 is 0 Å². The third-order valence-corrected chi connectivity index (χ3v) is 9.82. The first-order valence-electron chi connectivity index (χ1n) is 13.9. The van der Waals surface area contributed by atoms with E-state index in [-0.39, 0.29) is 28.9 Å². The molecule has 50 heavy (non-hydrogen) atoms. The van der Waals surface area contributed by atoms with Crippen molar-refractivity contribution in [2.45, 2.75) is 23.6 Å². The number of nitrogen functional groups attached to an aromatic ring is 1. The van der Waals surface area contributed by atoms with Crippen LogP contribution in [0.15, 0.2) is 86.7 Å². The summed E-state index contributed by atoms with van der Waals surface area (Å²) in [5, 5.41) is 17.2. The van der Waals surface area contributed by atoms with Crippen molar-refractivity contribution >= 4 is 88.0 Å². The zero-order valence-corrected chi connectivity index (χ0v) is 28.9. The van der Waals surface area contributed by atoms with Crippen LogP contribution in [0, 0.1) is 6.92 Å². The molecule has 5 rings (SSSR count). The van der Waals surface area contributed by atoms with Crippen molar-refractivity contribution in [3.05, 3.63) is 77.7 Å². The average molecular weight is 764 g/mol. The molecule has 0 saturated carbocycles. The van der Waals surface area contributed by atoms with Gasteiger partial charge >= 0.3 is 0 Å². The van der Waals surface area contributed by atoms with E-state index in [1.165, 1.54) is 23.7 Å². The van der Waals surface area contributed by atoms with Crippen LogP contribution in [0.3, 0.4) is 0 Å². The Balaban J connectivity index is 1.54. The van der Waals surface area contributed by atoms with Gasteiger partial charge in [-0.15, -0.1) is 10.2 Å². The number of anilines is 6. The molecule has 19 nitrogen and oxygen atoms in total. The lowest BCUT2D eigenvalue weighted by Crippen LogP contribution is -2.14. The molecule has 7 N–H and O–H groups in total. The van der Waals surface area contributed by atoms with Crippen LogP contribution in [0.4, 0.5) is 46.2 Å². The second kappa shape index (κ2) is 13.9. The summed E-state index contributed by atoms with van der Waals surface area (Å²) in [5.41, 5.74) is 6.63. The van der Waals surface area contributed by atoms with E-state index in [1.807, 2.05) is 0 Å². The van der Waals surface area contributed by atoms with Gasteiger partial charge in [0.15, 0.2) is 11.5 Å². The number of benzene rings is 3. The van der Waals surface area contributed by atoms with Crippen molar-refractivity contribution in [3.63, 3.8) is 0 Å². The highest BCUT2D eigenvalue weighted by Crippen LogP contribution is 2.37. The molecular formula is C27H26ClN11O8S3. The Bertz CT molecular complexity index is 2460. The van der Waals surface area contributed by atoms with Crippen LogP contribution >= 0.6 is 11.6 Å². The number of halogens is 1. The smallest absolute Gasteiger partial charge is 0.296 e. The lowest BCUT2D eigenvalue weighted by atomic mass is 10.3. The fourth-order valence-corrected chi connectivity index (χ4v) is 6.45. The maximum absolute atomic E-state index is 12.4. The molecule has 0 aliphatic rings. The average Bonchev–Trinajstić information content (AvgIpc) is 3.31. The van der Waals surface area contributed by atoms with Crippen LogP contribution in [-0.4, -0.2) is 64.8 Å². The molecular weight excluding hydrogens is 738 g/mol. The van der Waals surface area contributed by atoms with Gasteiger partial charge in [0.2, 0.25) is 27.2 Å². The maximum Gasteiger partial charge on any atom is 0.296 e. The summed E-state index contributed by atoms with van der Waals surface area (Å²) in [6.45, 7) is 3.04. The maximum atomic E-state index is 12.4. The Morgan fingerprint density at radius 3 is 2.10 bits per heavy atom. The fourth-order valence-electron chi connectivity index (χ4n) is 4.30. The molecule has 0 saturated heterocycles. The van der Waals surface area contributed by atoms with E-state index in [4.69, 9.17) is 17.3 Å². The Kier molecular flexibility index (Phi) is 10.0. The normalized spacial score (nSPS) is 12.3. The number of sulfonamides is 1. The van der Waals surface area contributed by atoms with E-state index in [2.05, 4.69) is 45.6 Å². The Labute approximate surface area is 290 Å². The van der Waals surface area contributed by atoms with E-state index in [9.17, 15) is 34.4 Å². The van der Waals surface area contributed by atoms with E-state index in [0.29, 0.717) is 23.1 Å². The van der Waals surface area contributed by atoms with E-state index in [1.54, 1.807) is 49.4 Å². The summed E-state index contributed by atoms with van der Waals surface area (Å²) in [6, 6.07) is 16.1. The molecule has 2 heterocycles. The van der Waals surface area contributed by atoms with Gasteiger partial charge in [0.05, 0.1) is 28.5 Å². The number of aromatic nitrogens is 5. The van der Waals surface area contributed by atoms with Crippen molar-refractivity contribution in [1.82, 2.24) is 24.7 Å². The SMILES string of the molecule is CCS(=O)(=O)Nc1cccc(Nc2nc(Cl)nc(Nc3cc(N=Nc4c(C)nn(-c5ccccc5)c4N)c(S(=O)(=O)O)cc3S(=O)(=O)O)n2)c1. The molecule has 0 amide bonds. The number of rotatable bonds is 12. The van der Waals surface area contributed by atoms with Crippen LogP contribution in [0.2, 0.25) is 5.28 Å². The molecule has 0 spiro atoms. The minimum absolute atomic E-state index is 0.0342. The number of nitrogens with zero attached hydrogens (tertiary/aromatic N) is 7. The van der Waals surface area contributed by atoms with Crippen LogP contribution < -0.4 is 21.1 Å². The molecule has 5 aromatic rings. The summed E-state index contributed by atoms with van der Waals surface area (Å²) in [5.74, 6) is -0.707. The van der Waals surface area contributed by atoms with Gasteiger partial charge in [-0.2, -0.15) is 36.9 Å². The van der Waals surface area contributed by atoms with Crippen molar-refractivity contribution in [2.24, 2.45) is 10.2 Å². The number of azo groups is 1. The molecule has 23 heteroatoms. The Morgan fingerprint density at radius 2 is 1.46 bits per heavy atom. The molecule has 3 aromatic carbocycles. The monoisotopic (exact) mass is 763 g/mol. The summed E-state index contributed by atoms with van der Waals surface area (Å²) in [6.07, 6.45) is 0. The van der Waals surface area contributed by atoms with Crippen molar-refractivity contribution in [2.75, 3.05) is 26.8 Å². The quantitative estimate of drug-likeness (QED) is 0.0738. The minimum Gasteiger partial charge on any atom is -0.382 e. The predicted molar refractivity (Wildman–Crippen MR) is 184 cm³/mol. The second-order valence-corrected chi connectivity index (χ2v) is 15.2. The third-order valence-electron chi connectivity index (χ3n) is 6.57. The zero-order chi connectivity index (χ0) is 36.4. The zero-order valence-electron chi connectivity index (χ0n) is 25.7. The van der Waals surface area contributed by atoms with Gasteiger partial charge in [0.25, 0.3) is 20.2 Å². The van der Waals surface area contributed by atoms with Crippen LogP contribution in [0.25, 0.3) is 5.69 Å². The van der Waals surface area contributed by atoms with Gasteiger partial charge in [-0.05, 0) is 67.9 Å². The molecule has 0 radical (unpaired) electrons. The predicted octanol–water partition coefficient (Wildman–Crippen LogP) is 4.76. The van der Waals surface area contributed by atoms with Gasteiger partial charge in [0.1, 0.15) is 15.5 Å². The third kappa shape index (κ3) is 8.47. The number of hydrogen-bond donors (Lipinski definition) is 6. The van der Waals surface area contributed by atoms with Gasteiger partial charge in [-0.3, -0.25) is 13.8 Å². The first kappa shape index (κ1) is 36.0. The van der Waals surface area contributed by atoms with Crippen molar-refractivity contribution in [3.8, 4) is 5.69 Å². The summed E-state index contributed by atoms with van der Waals surface area (Å²) >= 11 is 6.09. The number of aryl methyl sites for hydroxylation is 1. The Hall–Kier alpha value is -5.26. The van der Waals surface area contributed by atoms with Crippen LogP contribution in [0.1, 0.15) is 12.6 Å². The molecule has 0 fully saturated rings. The number of nitrogens with two attached hydrogens (primary N) is 1. The van der Waals surface area contributed by atoms with Crippen LogP contribution in [-0.2, 0) is 30.3 Å². The van der Waals surface area contributed by atoms with Gasteiger partial charge < -0.3 is 16.4 Å². The number of para-hydroxylation sites is 1. The molecule has 2 aromatic heterocycles. The number of hydrogen-bond acceptors (Lipinski definition) is 15. The highest BCUT2D eigenvalue weighted by molar-refractivity contribution is 7.92. The standard InChI is InChI=1S/C27H26ClN11O8S3/c1-3-48(40,41)38-17-9-7-8-16(12-17)30-26-32-25(28)33-27(34-26)31-19-13-20(22(50(45,46)47)14-21(19)49(42,43)44)35-36-23-15(2)37-39(24(23)29)18-10-5-4-6-11-18/h4-14,38H,3,29H2,1-2H3,(H,42,43,44)(H,45,46,47)(H2,30,31,32,33,34). The van der Waals surface area contributed by atoms with Gasteiger partial charge in [0, 0.05) is 5.69 Å². The molecule has 262 valence electrons. The minimum atomic E-state index is -5.17. The second-order valence-electron chi connectivity index (χ2n) is 10.1. The van der Waals surface area contributed by atoms with E-state index in [0.717, 1.165) is 6.07 Å². The topological polar surface area (TPSA) is 286 Å². The van der Waals surface area contributed by atoms with Crippen molar-refractivity contribution < 1.29 is 34.4 Å². The fraction of sp³-hybridized carbons (Fsp3) is 0.111. The largest absolute Gasteiger partial charge is 0.382 e. The van der Waals surface area contributed by atoms with Gasteiger partial charge in [-0.25, -0.2) is 13.1 Å². The summed E-state index contributed by atoms with van der Waals surface area (Å²) < 4.78 is 97.1. The number of nitrogens with one attached hydrogen (secondary N) is 3. The lowest BCUT2D eigenvalue weighted by Gasteiger charge is -2.13. The summed E-state index contributed by atoms with van der Waals surface area (Å²) in [4.78, 5) is 9.93. The van der Waals surface area contributed by atoms with E-state index < -0.39 is 62.7 Å². The molecule has 0 aliphatic heterocycles. The lowest BCUT2D eigenvalue weighted by molar-refractivity contribution is 0.481. The first-order valence-corrected chi connectivity index (χ1v) is 18.9. The molecule has 0 atom stereocenters. The Morgan fingerprint density at radius 1 is 0.820 bits per heavy atom. The molecule has 0 aliphatic carbocycles. The highest BCUT2D eigenvalue weighted by atomic mass is 35.5. The first-order chi connectivity index (χ1) is 23.4. The summed E-state index contributed by atoms with van der Waals surface area (Å²) in [7, 11) is -13.9. The highest BCUT2D eigenvalue weighted by Gasteiger charge is 2.26. The van der Waals surface area contributed by atoms with Gasteiger partial charge in [-0.1, -0.05) is 24.3 Å². The van der Waals surface area contributed by atoms with Crippen LogP contribution in [0.5, 0.6) is 0 Å². The van der Waals surface area contributed by atoms with Crippen molar-refractivity contribution in [1.29, 1.82) is 0 Å².